The summed E-state index contributed by atoms with van der Waals surface area (Å²) in [6.07, 6.45) is 1.87. The van der Waals surface area contributed by atoms with Crippen LogP contribution in [0.3, 0.4) is 0 Å². The fourth-order valence-electron chi connectivity index (χ4n) is 3.97. The van der Waals surface area contributed by atoms with Gasteiger partial charge in [-0.3, -0.25) is 0 Å². The van der Waals surface area contributed by atoms with Gasteiger partial charge in [-0.05, 0) is 47.9 Å². The zero-order chi connectivity index (χ0) is 22.6. The first-order valence-electron chi connectivity index (χ1n) is 11.1. The van der Waals surface area contributed by atoms with Crippen molar-refractivity contribution in [2.75, 3.05) is 13.3 Å². The number of hydrogen-bond acceptors (Lipinski definition) is 4. The Morgan fingerprint density at radius 3 is 2.61 bits per heavy atom. The lowest BCUT2D eigenvalue weighted by molar-refractivity contribution is 0.173. The van der Waals surface area contributed by atoms with E-state index >= 15 is 0 Å². The van der Waals surface area contributed by atoms with Gasteiger partial charge in [0.25, 0.3) is 0 Å². The Morgan fingerprint density at radius 1 is 1.00 bits per heavy atom. The van der Waals surface area contributed by atoms with Crippen molar-refractivity contribution in [3.63, 3.8) is 0 Å². The molecule has 168 valence electrons. The third kappa shape index (κ3) is 4.62. The van der Waals surface area contributed by atoms with Crippen LogP contribution in [0.25, 0.3) is 11.0 Å². The Morgan fingerprint density at radius 2 is 1.76 bits per heavy atom. The molecule has 33 heavy (non-hydrogen) atoms. The summed E-state index contributed by atoms with van der Waals surface area (Å²) in [5.74, 6) is 1.48. The van der Waals surface area contributed by atoms with Crippen LogP contribution < -0.4 is 14.8 Å². The number of imidazole rings is 1. The minimum absolute atomic E-state index is 0.0934. The van der Waals surface area contributed by atoms with Gasteiger partial charge in [-0.2, -0.15) is 0 Å². The van der Waals surface area contributed by atoms with Gasteiger partial charge in [0, 0.05) is 26.2 Å². The van der Waals surface area contributed by atoms with E-state index in [9.17, 15) is 4.79 Å². The van der Waals surface area contributed by atoms with Crippen LogP contribution in [0, 0.1) is 0 Å². The second-order valence-corrected chi connectivity index (χ2v) is 8.04. The molecule has 0 saturated carbocycles. The fourth-order valence-corrected chi connectivity index (χ4v) is 3.97. The maximum absolute atomic E-state index is 12.7. The number of benzene rings is 3. The van der Waals surface area contributed by atoms with Crippen LogP contribution >= 0.6 is 0 Å². The topological polar surface area (TPSA) is 68.6 Å². The van der Waals surface area contributed by atoms with E-state index in [-0.39, 0.29) is 12.8 Å². The predicted molar refractivity (Wildman–Crippen MR) is 126 cm³/mol. The number of carbonyl (C=O) groups is 1. The first kappa shape index (κ1) is 20.9. The van der Waals surface area contributed by atoms with E-state index in [0.717, 1.165) is 40.2 Å². The summed E-state index contributed by atoms with van der Waals surface area (Å²) in [6, 6.07) is 22.1. The molecule has 0 atom stereocenters. The van der Waals surface area contributed by atoms with Gasteiger partial charge in [-0.25, -0.2) is 9.78 Å². The van der Waals surface area contributed by atoms with Gasteiger partial charge in [0.1, 0.15) is 0 Å². The van der Waals surface area contributed by atoms with Gasteiger partial charge >= 0.3 is 6.03 Å². The third-order valence-electron chi connectivity index (χ3n) is 5.83. The minimum Gasteiger partial charge on any atom is -0.454 e. The van der Waals surface area contributed by atoms with Gasteiger partial charge in [0.2, 0.25) is 6.79 Å². The molecular formula is C26H26N4O3. The molecule has 7 heteroatoms. The third-order valence-corrected chi connectivity index (χ3v) is 5.83. The summed E-state index contributed by atoms with van der Waals surface area (Å²) in [4.78, 5) is 19.0. The van der Waals surface area contributed by atoms with Gasteiger partial charge in [-0.15, -0.1) is 0 Å². The molecule has 0 radical (unpaired) electrons. The van der Waals surface area contributed by atoms with Crippen molar-refractivity contribution in [1.29, 1.82) is 0 Å². The van der Waals surface area contributed by atoms with E-state index in [0.29, 0.717) is 19.6 Å². The summed E-state index contributed by atoms with van der Waals surface area (Å²) in [5, 5.41) is 3.03. The van der Waals surface area contributed by atoms with Crippen LogP contribution in [0.1, 0.15) is 23.6 Å². The van der Waals surface area contributed by atoms with E-state index in [1.165, 1.54) is 5.56 Å². The molecule has 5 rings (SSSR count). The van der Waals surface area contributed by atoms with Crippen molar-refractivity contribution >= 4 is 17.1 Å². The molecule has 3 aromatic carbocycles. The molecule has 0 unspecified atom stereocenters. The van der Waals surface area contributed by atoms with Crippen molar-refractivity contribution in [2.45, 2.75) is 26.6 Å². The van der Waals surface area contributed by atoms with Gasteiger partial charge < -0.3 is 24.3 Å². The molecule has 7 nitrogen and oxygen atoms in total. The van der Waals surface area contributed by atoms with Crippen LogP contribution in [0.15, 0.2) is 73.1 Å². The number of urea groups is 1. The first-order valence-corrected chi connectivity index (χ1v) is 11.1. The molecule has 1 aromatic heterocycles. The average molecular weight is 443 g/mol. The predicted octanol–water partition coefficient (Wildman–Crippen LogP) is 4.55. The largest absolute Gasteiger partial charge is 0.454 e. The van der Waals surface area contributed by atoms with Crippen molar-refractivity contribution in [3.05, 3.63) is 89.7 Å². The zero-order valence-corrected chi connectivity index (χ0v) is 18.5. The number of amides is 2. The van der Waals surface area contributed by atoms with E-state index in [4.69, 9.17) is 9.47 Å². The maximum Gasteiger partial charge on any atom is 0.317 e. The minimum atomic E-state index is -0.0934. The zero-order valence-electron chi connectivity index (χ0n) is 18.5. The second kappa shape index (κ2) is 9.24. The Hall–Kier alpha value is -4.00. The molecule has 4 aromatic rings. The van der Waals surface area contributed by atoms with Crippen LogP contribution in [0.5, 0.6) is 11.5 Å². The number of para-hydroxylation sites is 2. The number of fused-ring (bicyclic) bond motifs is 2. The van der Waals surface area contributed by atoms with Crippen molar-refractivity contribution in [1.82, 2.24) is 19.8 Å². The number of hydrogen-bond donors (Lipinski definition) is 1. The molecule has 2 amide bonds. The van der Waals surface area contributed by atoms with Crippen LogP contribution in [0.2, 0.25) is 0 Å². The Bertz CT molecular complexity index is 1270. The first-order chi connectivity index (χ1) is 16.2. The molecular weight excluding hydrogens is 416 g/mol. The van der Waals surface area contributed by atoms with Crippen LogP contribution in [0.4, 0.5) is 4.79 Å². The number of rotatable bonds is 7. The van der Waals surface area contributed by atoms with E-state index in [1.807, 2.05) is 49.6 Å². The molecule has 1 aliphatic rings. The summed E-state index contributed by atoms with van der Waals surface area (Å²) in [5.41, 5.74) is 5.37. The second-order valence-electron chi connectivity index (χ2n) is 8.04. The number of carbonyl (C=O) groups excluding carboxylic acids is 1. The summed E-state index contributed by atoms with van der Waals surface area (Å²) < 4.78 is 12.9. The number of nitrogens with zero attached hydrogens (tertiary/aromatic N) is 3. The average Bonchev–Trinajstić information content (AvgIpc) is 3.48. The van der Waals surface area contributed by atoms with Crippen LogP contribution in [-0.4, -0.2) is 33.8 Å². The monoisotopic (exact) mass is 442 g/mol. The highest BCUT2D eigenvalue weighted by atomic mass is 16.7. The molecule has 0 fully saturated rings. The van der Waals surface area contributed by atoms with Gasteiger partial charge in [0.05, 0.1) is 17.4 Å². The molecule has 0 bridgehead atoms. The SMILES string of the molecule is CCN(Cc1ccc2c(c1)OCO2)C(=O)NCc1ccc(Cn2cnc3ccccc32)cc1. The van der Waals surface area contributed by atoms with Crippen molar-refractivity contribution < 1.29 is 14.3 Å². The maximum atomic E-state index is 12.7. The highest BCUT2D eigenvalue weighted by Crippen LogP contribution is 2.32. The van der Waals surface area contributed by atoms with E-state index < -0.39 is 0 Å². The number of ether oxygens (including phenoxy) is 2. The number of aromatic nitrogens is 2. The normalized spacial score (nSPS) is 12.2. The summed E-state index contributed by atoms with van der Waals surface area (Å²) in [6.45, 7) is 4.57. The Kier molecular flexibility index (Phi) is 5.85. The molecule has 1 N–H and O–H groups in total. The highest BCUT2D eigenvalue weighted by molar-refractivity contribution is 5.75. The highest BCUT2D eigenvalue weighted by Gasteiger charge is 2.16. The van der Waals surface area contributed by atoms with E-state index in [1.54, 1.807) is 4.90 Å². The quantitative estimate of drug-likeness (QED) is 0.456. The smallest absolute Gasteiger partial charge is 0.317 e. The number of nitrogens with one attached hydrogen (secondary N) is 1. The molecule has 2 heterocycles. The van der Waals surface area contributed by atoms with Gasteiger partial charge in [-0.1, -0.05) is 42.5 Å². The van der Waals surface area contributed by atoms with Crippen molar-refractivity contribution in [2.24, 2.45) is 0 Å². The fraction of sp³-hybridized carbons (Fsp3) is 0.231. The lowest BCUT2D eigenvalue weighted by Crippen LogP contribution is -2.39. The van der Waals surface area contributed by atoms with Gasteiger partial charge in [0.15, 0.2) is 11.5 Å². The van der Waals surface area contributed by atoms with Crippen LogP contribution in [-0.2, 0) is 19.6 Å². The molecule has 0 saturated heterocycles. The summed E-state index contributed by atoms with van der Waals surface area (Å²) >= 11 is 0. The Balaban J connectivity index is 1.17. The van der Waals surface area contributed by atoms with E-state index in [2.05, 4.69) is 45.2 Å². The molecule has 1 aliphatic heterocycles. The lowest BCUT2D eigenvalue weighted by Gasteiger charge is -2.21. The lowest BCUT2D eigenvalue weighted by atomic mass is 10.1. The molecule has 0 spiro atoms. The standard InChI is InChI=1S/C26H26N4O3/c1-2-29(16-21-11-12-24-25(13-21)33-18-32-24)26(31)27-14-19-7-9-20(10-8-19)15-30-17-28-22-5-3-4-6-23(22)30/h3-13,17H,2,14-16,18H2,1H3,(H,27,31). The Labute approximate surface area is 192 Å². The summed E-state index contributed by atoms with van der Waals surface area (Å²) in [7, 11) is 0. The van der Waals surface area contributed by atoms with Crippen molar-refractivity contribution in [3.8, 4) is 11.5 Å². The molecule has 0 aliphatic carbocycles.